The number of carbonyl (C=O) groups is 3. The number of anilines is 1. The number of ether oxygens (including phenoxy) is 1. The lowest BCUT2D eigenvalue weighted by Gasteiger charge is -2.36. The maximum Gasteiger partial charge on any atom is 0.416 e. The molecule has 56 heavy (non-hydrogen) atoms. The fraction of sp³-hybridized carbons (Fsp3) is 0.429. The molecular formula is C42H45ClF3N5O5. The molecule has 4 heterocycles. The topological polar surface area (TPSA) is 113 Å². The Morgan fingerprint density at radius 1 is 0.946 bits per heavy atom. The van der Waals surface area contributed by atoms with E-state index in [9.17, 15) is 32.3 Å². The average Bonchev–Trinajstić information content (AvgIpc) is 3.18. The number of benzene rings is 3. The Labute approximate surface area is 327 Å². The quantitative estimate of drug-likeness (QED) is 0.174. The van der Waals surface area contributed by atoms with Crippen LogP contribution in [0, 0.1) is 5.92 Å². The Bertz CT molecular complexity index is 2210. The first kappa shape index (κ1) is 39.4. The first-order valence-corrected chi connectivity index (χ1v) is 19.4. The van der Waals surface area contributed by atoms with Crippen molar-refractivity contribution in [3.63, 3.8) is 0 Å². The minimum atomic E-state index is -4.60. The van der Waals surface area contributed by atoms with Crippen LogP contribution in [0.1, 0.15) is 67.6 Å². The number of methoxy groups -OCH3 is 1. The van der Waals surface area contributed by atoms with Crippen LogP contribution in [0.4, 0.5) is 18.9 Å². The van der Waals surface area contributed by atoms with Gasteiger partial charge >= 0.3 is 6.18 Å². The molecule has 0 aliphatic carbocycles. The lowest BCUT2D eigenvalue weighted by molar-refractivity contribution is -0.139. The van der Waals surface area contributed by atoms with Crippen molar-refractivity contribution in [3.8, 4) is 16.9 Å². The van der Waals surface area contributed by atoms with Crippen molar-refractivity contribution in [1.29, 1.82) is 0 Å². The van der Waals surface area contributed by atoms with Crippen LogP contribution in [0.25, 0.3) is 21.9 Å². The molecule has 1 aromatic heterocycles. The number of piperidine rings is 3. The van der Waals surface area contributed by atoms with Crippen LogP contribution in [-0.2, 0) is 34.2 Å². The average molecular weight is 792 g/mol. The van der Waals surface area contributed by atoms with Gasteiger partial charge in [0.25, 0.3) is 5.56 Å². The lowest BCUT2D eigenvalue weighted by Crippen LogP contribution is -2.47. The van der Waals surface area contributed by atoms with Gasteiger partial charge in [-0.2, -0.15) is 13.2 Å². The van der Waals surface area contributed by atoms with Crippen LogP contribution in [-0.4, -0.2) is 71.4 Å². The summed E-state index contributed by atoms with van der Waals surface area (Å²) >= 11 is 6.91. The summed E-state index contributed by atoms with van der Waals surface area (Å²) in [6.45, 7) is 2.92. The molecule has 3 aromatic carbocycles. The van der Waals surface area contributed by atoms with E-state index in [4.69, 9.17) is 16.3 Å². The van der Waals surface area contributed by atoms with Gasteiger partial charge in [-0.25, -0.2) is 0 Å². The summed E-state index contributed by atoms with van der Waals surface area (Å²) in [5, 5.41) is 7.10. The van der Waals surface area contributed by atoms with Gasteiger partial charge in [0.2, 0.25) is 17.7 Å². The minimum absolute atomic E-state index is 0.0352. The fourth-order valence-corrected chi connectivity index (χ4v) is 8.69. The SMILES string of the molecule is COc1cc(-c2cn(C)c(=O)c3ccccc23)cc(Cl)c1CN1CCC(CC(=O)N2CCC(c3ccc(NC4CCC(=O)NC4=O)cc3C(F)(F)F)CC2)CC1. The number of imide groups is 1. The number of aryl methyl sites for hydroxylation is 1. The van der Waals surface area contributed by atoms with Crippen LogP contribution in [0.2, 0.25) is 5.02 Å². The van der Waals surface area contributed by atoms with Crippen LogP contribution in [0.3, 0.4) is 0 Å². The summed E-state index contributed by atoms with van der Waals surface area (Å²) in [6.07, 6.45) is 0.455. The highest BCUT2D eigenvalue weighted by molar-refractivity contribution is 6.32. The van der Waals surface area contributed by atoms with Crippen molar-refractivity contribution >= 4 is 45.8 Å². The molecule has 0 spiro atoms. The Hall–Kier alpha value is -4.88. The number of amides is 3. The molecule has 3 amide bonds. The smallest absolute Gasteiger partial charge is 0.416 e. The van der Waals surface area contributed by atoms with Gasteiger partial charge < -0.3 is 19.5 Å². The number of carbonyl (C=O) groups excluding carboxylic acids is 3. The van der Waals surface area contributed by atoms with Gasteiger partial charge in [-0.1, -0.05) is 35.9 Å². The number of nitrogens with one attached hydrogen (secondary N) is 2. The van der Waals surface area contributed by atoms with Gasteiger partial charge in [0.1, 0.15) is 11.8 Å². The number of likely N-dealkylation sites (tertiary alicyclic amines) is 2. The molecule has 14 heteroatoms. The Morgan fingerprint density at radius 2 is 1.66 bits per heavy atom. The van der Waals surface area contributed by atoms with E-state index in [1.165, 1.54) is 6.07 Å². The second-order valence-electron chi connectivity index (χ2n) is 15.2. The predicted molar refractivity (Wildman–Crippen MR) is 209 cm³/mol. The van der Waals surface area contributed by atoms with E-state index in [2.05, 4.69) is 15.5 Å². The summed E-state index contributed by atoms with van der Waals surface area (Å²) in [5.74, 6) is -0.409. The van der Waals surface area contributed by atoms with Crippen molar-refractivity contribution in [2.24, 2.45) is 13.0 Å². The van der Waals surface area contributed by atoms with E-state index >= 15 is 0 Å². The summed E-state index contributed by atoms with van der Waals surface area (Å²) in [5.41, 5.74) is 2.14. The third-order valence-corrected chi connectivity index (χ3v) is 11.9. The monoisotopic (exact) mass is 791 g/mol. The number of pyridine rings is 1. The van der Waals surface area contributed by atoms with Crippen molar-refractivity contribution in [1.82, 2.24) is 19.7 Å². The van der Waals surface area contributed by atoms with Gasteiger partial charge in [0.05, 0.1) is 12.7 Å². The van der Waals surface area contributed by atoms with Gasteiger partial charge in [-0.05, 0) is 104 Å². The maximum atomic E-state index is 14.3. The van der Waals surface area contributed by atoms with Crippen molar-refractivity contribution in [2.45, 2.75) is 69.6 Å². The number of aromatic nitrogens is 1. The zero-order chi connectivity index (χ0) is 39.7. The van der Waals surface area contributed by atoms with E-state index in [-0.39, 0.29) is 47.4 Å². The Morgan fingerprint density at radius 3 is 2.34 bits per heavy atom. The molecule has 2 N–H and O–H groups in total. The Kier molecular flexibility index (Phi) is 11.5. The van der Waals surface area contributed by atoms with Crippen LogP contribution < -0.4 is 20.9 Å². The van der Waals surface area contributed by atoms with E-state index < -0.39 is 29.6 Å². The van der Waals surface area contributed by atoms with Gasteiger partial charge in [-0.15, -0.1) is 0 Å². The van der Waals surface area contributed by atoms with Crippen LogP contribution in [0.5, 0.6) is 5.75 Å². The summed E-state index contributed by atoms with van der Waals surface area (Å²) in [7, 11) is 3.35. The molecule has 10 nitrogen and oxygen atoms in total. The predicted octanol–water partition coefficient (Wildman–Crippen LogP) is 7.11. The zero-order valence-electron chi connectivity index (χ0n) is 31.4. The van der Waals surface area contributed by atoms with Gasteiger partial charge in [-0.3, -0.25) is 29.4 Å². The second kappa shape index (κ2) is 16.3. The number of halogens is 4. The van der Waals surface area contributed by atoms with Crippen LogP contribution in [0.15, 0.2) is 65.6 Å². The second-order valence-corrected chi connectivity index (χ2v) is 15.6. The van der Waals surface area contributed by atoms with Crippen molar-refractivity contribution in [3.05, 3.63) is 92.9 Å². The lowest BCUT2D eigenvalue weighted by atomic mass is 9.85. The third kappa shape index (κ3) is 8.44. The summed E-state index contributed by atoms with van der Waals surface area (Å²) in [4.78, 5) is 53.9. The van der Waals surface area contributed by atoms with Gasteiger partial charge in [0, 0.05) is 72.9 Å². The number of nitrogens with zero attached hydrogens (tertiary/aromatic N) is 3. The largest absolute Gasteiger partial charge is 0.496 e. The molecule has 0 bridgehead atoms. The summed E-state index contributed by atoms with van der Waals surface area (Å²) in [6, 6.07) is 14.7. The molecule has 1 atom stereocenters. The molecule has 4 aromatic rings. The fourth-order valence-electron chi connectivity index (χ4n) is 8.42. The van der Waals surface area contributed by atoms with E-state index in [1.807, 2.05) is 42.6 Å². The van der Waals surface area contributed by atoms with Gasteiger partial charge in [0.15, 0.2) is 0 Å². The normalized spacial score (nSPS) is 19.0. The molecule has 1 unspecified atom stereocenters. The first-order chi connectivity index (χ1) is 26.8. The van der Waals surface area contributed by atoms with Crippen molar-refractivity contribution < 1.29 is 32.3 Å². The highest BCUT2D eigenvalue weighted by Crippen LogP contribution is 2.41. The molecule has 3 fully saturated rings. The molecule has 0 saturated carbocycles. The number of hydrogen-bond donors (Lipinski definition) is 2. The third-order valence-electron chi connectivity index (χ3n) is 11.6. The summed E-state index contributed by atoms with van der Waals surface area (Å²) < 4.78 is 50.2. The highest BCUT2D eigenvalue weighted by Gasteiger charge is 2.38. The molecule has 296 valence electrons. The Balaban J connectivity index is 0.929. The van der Waals surface area contributed by atoms with E-state index in [0.29, 0.717) is 55.1 Å². The molecule has 3 saturated heterocycles. The first-order valence-electron chi connectivity index (χ1n) is 19.1. The highest BCUT2D eigenvalue weighted by atomic mass is 35.5. The minimum Gasteiger partial charge on any atom is -0.496 e. The maximum absolute atomic E-state index is 14.3. The number of hydrogen-bond acceptors (Lipinski definition) is 7. The molecule has 7 rings (SSSR count). The van der Waals surface area contributed by atoms with Crippen molar-refractivity contribution in [2.75, 3.05) is 38.6 Å². The standard InChI is InChI=1S/C42H45ClF3N5O5/c1-49-23-32(30-5-3-4-6-31(30)41(49)55)27-20-35(43)33(37(21-27)56-2)24-50-15-11-25(12-16-50)19-39(53)51-17-13-26(14-18-51)29-8-7-28(22-34(29)42(44,45)46)47-36-9-10-38(52)48-40(36)54/h3-8,20-23,25-26,36,47H,9-19,24H2,1-2H3,(H,48,52,54). The van der Waals surface area contributed by atoms with E-state index in [0.717, 1.165) is 54.1 Å². The molecular weight excluding hydrogens is 747 g/mol. The molecule has 3 aliphatic heterocycles. The molecule has 3 aliphatic rings. The van der Waals surface area contributed by atoms with Crippen LogP contribution >= 0.6 is 11.6 Å². The number of fused-ring (bicyclic) bond motifs is 1. The number of alkyl halides is 3. The number of rotatable bonds is 9. The molecule has 0 radical (unpaired) electrons. The zero-order valence-corrected chi connectivity index (χ0v) is 32.1. The van der Waals surface area contributed by atoms with E-state index in [1.54, 1.807) is 29.7 Å².